The SMILES string of the molecule is O=S(=O)(NCCCn1ccnn1)c1c[nH]c(CO)c1. The lowest BCUT2D eigenvalue weighted by molar-refractivity contribution is 0.277. The summed E-state index contributed by atoms with van der Waals surface area (Å²) in [5, 5.41) is 16.3. The molecule has 9 heteroatoms. The Kier molecular flexibility index (Phi) is 4.30. The van der Waals surface area contributed by atoms with E-state index in [1.807, 2.05) is 0 Å². The van der Waals surface area contributed by atoms with Gasteiger partial charge in [-0.2, -0.15) is 0 Å². The predicted octanol–water partition coefficient (Wildman–Crippen LogP) is -0.533. The number of rotatable bonds is 7. The van der Waals surface area contributed by atoms with Crippen molar-refractivity contribution in [3.8, 4) is 0 Å². The van der Waals surface area contributed by atoms with Gasteiger partial charge < -0.3 is 10.1 Å². The third-order valence-corrected chi connectivity index (χ3v) is 3.97. The number of H-pyrrole nitrogens is 1. The lowest BCUT2D eigenvalue weighted by Crippen LogP contribution is -2.25. The maximum Gasteiger partial charge on any atom is 0.242 e. The maximum absolute atomic E-state index is 11.9. The molecule has 3 N–H and O–H groups in total. The molecule has 0 amide bonds. The first kappa shape index (κ1) is 13.7. The van der Waals surface area contributed by atoms with E-state index in [-0.39, 0.29) is 11.5 Å². The summed E-state index contributed by atoms with van der Waals surface area (Å²) in [7, 11) is -3.53. The van der Waals surface area contributed by atoms with Crippen molar-refractivity contribution in [2.24, 2.45) is 0 Å². The van der Waals surface area contributed by atoms with Crippen molar-refractivity contribution in [3.05, 3.63) is 30.4 Å². The standard InChI is InChI=1S/C10H15N5O3S/c16-8-9-6-10(7-11-9)19(17,18)13-2-1-4-15-5-3-12-14-15/h3,5-7,11,13,16H,1-2,4,8H2. The molecule has 2 rings (SSSR count). The number of aryl methyl sites for hydroxylation is 1. The van der Waals surface area contributed by atoms with E-state index >= 15 is 0 Å². The fraction of sp³-hybridized carbons (Fsp3) is 0.400. The van der Waals surface area contributed by atoms with Gasteiger partial charge in [0.15, 0.2) is 0 Å². The van der Waals surface area contributed by atoms with Gasteiger partial charge in [0.2, 0.25) is 10.0 Å². The summed E-state index contributed by atoms with van der Waals surface area (Å²) in [4.78, 5) is 2.81. The molecule has 0 bridgehead atoms. The van der Waals surface area contributed by atoms with Gasteiger partial charge in [0, 0.05) is 31.2 Å². The Balaban J connectivity index is 1.84. The maximum atomic E-state index is 11.9. The van der Waals surface area contributed by atoms with E-state index in [1.165, 1.54) is 12.3 Å². The molecular weight excluding hydrogens is 270 g/mol. The number of nitrogens with one attached hydrogen (secondary N) is 2. The van der Waals surface area contributed by atoms with E-state index in [0.29, 0.717) is 25.2 Å². The number of aliphatic hydroxyl groups excluding tert-OH is 1. The fourth-order valence-electron chi connectivity index (χ4n) is 1.55. The zero-order valence-corrected chi connectivity index (χ0v) is 11.0. The van der Waals surface area contributed by atoms with Crippen LogP contribution in [0.5, 0.6) is 0 Å². The van der Waals surface area contributed by atoms with Gasteiger partial charge in [-0.05, 0) is 12.5 Å². The Bertz CT molecular complexity index is 605. The molecule has 8 nitrogen and oxygen atoms in total. The Labute approximate surface area is 110 Å². The highest BCUT2D eigenvalue weighted by Gasteiger charge is 2.14. The van der Waals surface area contributed by atoms with Crippen molar-refractivity contribution in [1.82, 2.24) is 24.7 Å². The van der Waals surface area contributed by atoms with Gasteiger partial charge in [0.25, 0.3) is 0 Å². The van der Waals surface area contributed by atoms with Gasteiger partial charge in [-0.3, -0.25) is 4.68 Å². The van der Waals surface area contributed by atoms with Crippen LogP contribution in [0.3, 0.4) is 0 Å². The van der Waals surface area contributed by atoms with Gasteiger partial charge in [-0.1, -0.05) is 5.21 Å². The van der Waals surface area contributed by atoms with Crippen molar-refractivity contribution in [2.75, 3.05) is 6.54 Å². The summed E-state index contributed by atoms with van der Waals surface area (Å²) in [6.45, 7) is 0.682. The molecule has 0 aromatic carbocycles. The molecule has 0 saturated carbocycles. The van der Waals surface area contributed by atoms with Crippen LogP contribution in [0.15, 0.2) is 29.6 Å². The van der Waals surface area contributed by atoms with Gasteiger partial charge >= 0.3 is 0 Å². The summed E-state index contributed by atoms with van der Waals surface area (Å²) in [5.41, 5.74) is 0.461. The summed E-state index contributed by atoms with van der Waals surface area (Å²) < 4.78 is 27.9. The van der Waals surface area contributed by atoms with Crippen LogP contribution >= 0.6 is 0 Å². The molecular formula is C10H15N5O3S. The second-order valence-electron chi connectivity index (χ2n) is 3.94. The second-order valence-corrected chi connectivity index (χ2v) is 5.70. The highest BCUT2D eigenvalue weighted by atomic mass is 32.2. The highest BCUT2D eigenvalue weighted by Crippen LogP contribution is 2.10. The smallest absolute Gasteiger partial charge is 0.242 e. The van der Waals surface area contributed by atoms with E-state index in [4.69, 9.17) is 5.11 Å². The van der Waals surface area contributed by atoms with Crippen LogP contribution in [0.1, 0.15) is 12.1 Å². The zero-order chi connectivity index (χ0) is 13.7. The molecule has 0 atom stereocenters. The summed E-state index contributed by atoms with van der Waals surface area (Å²) in [5.74, 6) is 0. The van der Waals surface area contributed by atoms with Crippen molar-refractivity contribution in [3.63, 3.8) is 0 Å². The van der Waals surface area contributed by atoms with Gasteiger partial charge in [0.1, 0.15) is 0 Å². The third-order valence-electron chi connectivity index (χ3n) is 2.52. The minimum absolute atomic E-state index is 0.123. The predicted molar refractivity (Wildman–Crippen MR) is 66.5 cm³/mol. The molecule has 0 fully saturated rings. The van der Waals surface area contributed by atoms with Crippen molar-refractivity contribution in [2.45, 2.75) is 24.5 Å². The Morgan fingerprint density at radius 1 is 1.47 bits per heavy atom. The molecule has 2 heterocycles. The normalized spacial score (nSPS) is 11.8. The molecule has 0 spiro atoms. The number of aromatic amines is 1. The highest BCUT2D eigenvalue weighted by molar-refractivity contribution is 7.89. The molecule has 0 aliphatic rings. The average Bonchev–Trinajstić information content (AvgIpc) is 3.05. The number of aromatic nitrogens is 4. The number of aliphatic hydroxyl groups is 1. The molecule has 0 aliphatic heterocycles. The lowest BCUT2D eigenvalue weighted by Gasteiger charge is -2.04. The summed E-state index contributed by atoms with van der Waals surface area (Å²) >= 11 is 0. The Morgan fingerprint density at radius 3 is 2.95 bits per heavy atom. The van der Waals surface area contributed by atoms with E-state index in [0.717, 1.165) is 0 Å². The number of sulfonamides is 1. The number of nitrogens with zero attached hydrogens (tertiary/aromatic N) is 3. The van der Waals surface area contributed by atoms with Crippen LogP contribution < -0.4 is 4.72 Å². The summed E-state index contributed by atoms with van der Waals surface area (Å²) in [6.07, 6.45) is 5.25. The Morgan fingerprint density at radius 2 is 2.32 bits per heavy atom. The topological polar surface area (TPSA) is 113 Å². The molecule has 2 aromatic rings. The first-order chi connectivity index (χ1) is 9.12. The molecule has 0 unspecified atom stereocenters. The van der Waals surface area contributed by atoms with Crippen molar-refractivity contribution >= 4 is 10.0 Å². The van der Waals surface area contributed by atoms with Gasteiger partial charge in [-0.15, -0.1) is 5.10 Å². The van der Waals surface area contributed by atoms with Gasteiger partial charge in [0.05, 0.1) is 17.7 Å². The third kappa shape index (κ3) is 3.63. The van der Waals surface area contributed by atoms with Crippen LogP contribution in [0.25, 0.3) is 0 Å². The van der Waals surface area contributed by atoms with E-state index in [1.54, 1.807) is 17.1 Å². The lowest BCUT2D eigenvalue weighted by atomic mass is 10.4. The minimum atomic E-state index is -3.53. The van der Waals surface area contributed by atoms with Crippen molar-refractivity contribution < 1.29 is 13.5 Å². The molecule has 0 radical (unpaired) electrons. The van der Waals surface area contributed by atoms with Crippen LogP contribution in [0.4, 0.5) is 0 Å². The van der Waals surface area contributed by atoms with Crippen LogP contribution in [0, 0.1) is 0 Å². The van der Waals surface area contributed by atoms with Crippen LogP contribution in [-0.2, 0) is 23.2 Å². The van der Waals surface area contributed by atoms with E-state index < -0.39 is 10.0 Å². The number of hydrogen-bond donors (Lipinski definition) is 3. The van der Waals surface area contributed by atoms with Gasteiger partial charge in [-0.25, -0.2) is 13.1 Å². The average molecular weight is 285 g/mol. The van der Waals surface area contributed by atoms with Crippen LogP contribution in [-0.4, -0.2) is 40.0 Å². The molecule has 0 saturated heterocycles. The largest absolute Gasteiger partial charge is 0.390 e. The fourth-order valence-corrected chi connectivity index (χ4v) is 2.64. The monoisotopic (exact) mass is 285 g/mol. The Hall–Kier alpha value is -1.71. The molecule has 2 aromatic heterocycles. The minimum Gasteiger partial charge on any atom is -0.390 e. The first-order valence-electron chi connectivity index (χ1n) is 5.74. The molecule has 104 valence electrons. The quantitative estimate of drug-likeness (QED) is 0.592. The first-order valence-corrected chi connectivity index (χ1v) is 7.22. The van der Waals surface area contributed by atoms with Crippen LogP contribution in [0.2, 0.25) is 0 Å². The zero-order valence-electron chi connectivity index (χ0n) is 10.2. The second kappa shape index (κ2) is 5.95. The van der Waals surface area contributed by atoms with E-state index in [9.17, 15) is 8.42 Å². The van der Waals surface area contributed by atoms with Crippen molar-refractivity contribution in [1.29, 1.82) is 0 Å². The number of hydrogen-bond acceptors (Lipinski definition) is 5. The molecule has 0 aliphatic carbocycles. The van der Waals surface area contributed by atoms with E-state index in [2.05, 4.69) is 20.0 Å². The summed E-state index contributed by atoms with van der Waals surface area (Å²) in [6, 6.07) is 1.40. The molecule has 19 heavy (non-hydrogen) atoms.